The van der Waals surface area contributed by atoms with E-state index in [1.54, 1.807) is 17.7 Å². The van der Waals surface area contributed by atoms with E-state index in [1.807, 2.05) is 35.8 Å². The van der Waals surface area contributed by atoms with Crippen LogP contribution in [-0.2, 0) is 0 Å². The third-order valence-corrected chi connectivity index (χ3v) is 4.74. The van der Waals surface area contributed by atoms with Crippen molar-refractivity contribution in [1.29, 1.82) is 0 Å². The number of hydrogen-bond donors (Lipinski definition) is 1. The molecule has 0 spiro atoms. The van der Waals surface area contributed by atoms with Crippen LogP contribution in [0.3, 0.4) is 0 Å². The van der Waals surface area contributed by atoms with Gasteiger partial charge in [-0.2, -0.15) is 0 Å². The monoisotopic (exact) mass is 332 g/mol. The molecule has 1 N–H and O–H groups in total. The lowest BCUT2D eigenvalue weighted by atomic mass is 10.1. The van der Waals surface area contributed by atoms with Gasteiger partial charge in [0, 0.05) is 17.0 Å². The summed E-state index contributed by atoms with van der Waals surface area (Å²) in [4.78, 5) is 13.3. The molecule has 5 heteroatoms. The van der Waals surface area contributed by atoms with Gasteiger partial charge >= 0.3 is 0 Å². The van der Waals surface area contributed by atoms with Crippen molar-refractivity contribution in [3.8, 4) is 0 Å². The minimum atomic E-state index is -0.0372. The van der Waals surface area contributed by atoms with Gasteiger partial charge in [-0.3, -0.25) is 0 Å². The standard InChI is InChI=1S/C19H16N4S/c1-13-7-8-16-15(11-13)18(22-12-21-16)23-17(19-20-9-10-24-19)14-5-3-2-4-6-14/h2-12,17H,1H3,(H,21,22,23). The number of aromatic nitrogens is 3. The summed E-state index contributed by atoms with van der Waals surface area (Å²) in [5.74, 6) is 0.827. The minimum absolute atomic E-state index is 0.0372. The Balaban J connectivity index is 1.80. The van der Waals surface area contributed by atoms with Gasteiger partial charge in [0.05, 0.1) is 5.52 Å². The lowest BCUT2D eigenvalue weighted by Gasteiger charge is -2.18. The second kappa shape index (κ2) is 6.37. The van der Waals surface area contributed by atoms with Crippen LogP contribution in [0.15, 0.2) is 66.4 Å². The fourth-order valence-corrected chi connectivity index (χ4v) is 3.45. The highest BCUT2D eigenvalue weighted by Crippen LogP contribution is 2.30. The molecule has 0 aliphatic carbocycles. The maximum atomic E-state index is 4.50. The Hall–Kier alpha value is -2.79. The molecule has 0 saturated heterocycles. The van der Waals surface area contributed by atoms with Gasteiger partial charge in [0.15, 0.2) is 0 Å². The molecular weight excluding hydrogens is 316 g/mol. The molecule has 4 nitrogen and oxygen atoms in total. The van der Waals surface area contributed by atoms with Crippen LogP contribution in [0.5, 0.6) is 0 Å². The summed E-state index contributed by atoms with van der Waals surface area (Å²) in [6, 6.07) is 16.5. The Morgan fingerprint density at radius 3 is 2.67 bits per heavy atom. The quantitative estimate of drug-likeness (QED) is 0.593. The summed E-state index contributed by atoms with van der Waals surface area (Å²) >= 11 is 1.64. The number of aryl methyl sites for hydroxylation is 1. The van der Waals surface area contributed by atoms with Crippen molar-refractivity contribution in [2.75, 3.05) is 5.32 Å². The van der Waals surface area contributed by atoms with Crippen LogP contribution in [0.1, 0.15) is 22.2 Å². The number of thiazole rings is 1. The largest absolute Gasteiger partial charge is 0.356 e. The van der Waals surface area contributed by atoms with Crippen LogP contribution in [0.25, 0.3) is 10.9 Å². The lowest BCUT2D eigenvalue weighted by molar-refractivity contribution is 0.911. The maximum Gasteiger partial charge on any atom is 0.138 e. The minimum Gasteiger partial charge on any atom is -0.356 e. The van der Waals surface area contributed by atoms with E-state index < -0.39 is 0 Å². The molecule has 0 fully saturated rings. The van der Waals surface area contributed by atoms with Gasteiger partial charge in [0.2, 0.25) is 0 Å². The average molecular weight is 332 g/mol. The van der Waals surface area contributed by atoms with E-state index in [9.17, 15) is 0 Å². The maximum absolute atomic E-state index is 4.50. The fourth-order valence-electron chi connectivity index (χ4n) is 2.73. The fraction of sp³-hybridized carbons (Fsp3) is 0.105. The Bertz CT molecular complexity index is 952. The molecule has 0 saturated carbocycles. The van der Waals surface area contributed by atoms with Crippen LogP contribution in [-0.4, -0.2) is 15.0 Å². The second-order valence-corrected chi connectivity index (χ2v) is 6.53. The van der Waals surface area contributed by atoms with Gasteiger partial charge in [-0.15, -0.1) is 11.3 Å². The molecule has 0 amide bonds. The molecule has 0 radical (unpaired) electrons. The van der Waals surface area contributed by atoms with Gasteiger partial charge in [0.25, 0.3) is 0 Å². The molecule has 118 valence electrons. The number of nitrogens with one attached hydrogen (secondary N) is 1. The number of hydrogen-bond acceptors (Lipinski definition) is 5. The summed E-state index contributed by atoms with van der Waals surface area (Å²) in [6.45, 7) is 2.08. The first-order valence-corrected chi connectivity index (χ1v) is 8.61. The third-order valence-electron chi connectivity index (χ3n) is 3.90. The zero-order valence-corrected chi connectivity index (χ0v) is 14.0. The molecule has 1 unspecified atom stereocenters. The Kier molecular flexibility index (Phi) is 3.92. The summed E-state index contributed by atoms with van der Waals surface area (Å²) in [6.07, 6.45) is 3.43. The van der Waals surface area contributed by atoms with E-state index in [1.165, 1.54) is 5.56 Å². The van der Waals surface area contributed by atoms with E-state index in [-0.39, 0.29) is 6.04 Å². The van der Waals surface area contributed by atoms with Crippen molar-refractivity contribution >= 4 is 28.1 Å². The van der Waals surface area contributed by atoms with Crippen LogP contribution < -0.4 is 5.32 Å². The third kappa shape index (κ3) is 2.86. The molecular formula is C19H16N4S. The van der Waals surface area contributed by atoms with E-state index in [4.69, 9.17) is 0 Å². The summed E-state index contributed by atoms with van der Waals surface area (Å²) in [7, 11) is 0. The average Bonchev–Trinajstić information content (AvgIpc) is 3.15. The van der Waals surface area contributed by atoms with E-state index in [0.29, 0.717) is 0 Å². The summed E-state index contributed by atoms with van der Waals surface area (Å²) in [5.41, 5.74) is 3.28. The number of anilines is 1. The number of benzene rings is 2. The van der Waals surface area contributed by atoms with Gasteiger partial charge < -0.3 is 5.32 Å². The van der Waals surface area contributed by atoms with E-state index in [0.717, 1.165) is 27.3 Å². The second-order valence-electron chi connectivity index (χ2n) is 5.60. The molecule has 4 aromatic rings. The highest BCUT2D eigenvalue weighted by Gasteiger charge is 2.18. The Morgan fingerprint density at radius 1 is 1.00 bits per heavy atom. The van der Waals surface area contributed by atoms with Crippen molar-refractivity contribution in [2.45, 2.75) is 13.0 Å². The number of nitrogens with zero attached hydrogens (tertiary/aromatic N) is 3. The zero-order chi connectivity index (χ0) is 16.4. The lowest BCUT2D eigenvalue weighted by Crippen LogP contribution is -2.13. The molecule has 24 heavy (non-hydrogen) atoms. The van der Waals surface area contributed by atoms with Crippen molar-refractivity contribution in [3.63, 3.8) is 0 Å². The highest BCUT2D eigenvalue weighted by molar-refractivity contribution is 7.09. The van der Waals surface area contributed by atoms with E-state index in [2.05, 4.69) is 51.5 Å². The predicted molar refractivity (Wildman–Crippen MR) is 98.3 cm³/mol. The molecule has 0 bridgehead atoms. The van der Waals surface area contributed by atoms with Crippen molar-refractivity contribution in [3.05, 3.63) is 82.6 Å². The zero-order valence-electron chi connectivity index (χ0n) is 13.2. The molecule has 0 aliphatic heterocycles. The van der Waals surface area contributed by atoms with Gasteiger partial charge in [0.1, 0.15) is 23.2 Å². The normalized spacial score (nSPS) is 12.2. The topological polar surface area (TPSA) is 50.7 Å². The Morgan fingerprint density at radius 2 is 1.88 bits per heavy atom. The van der Waals surface area contributed by atoms with Crippen LogP contribution in [0.2, 0.25) is 0 Å². The van der Waals surface area contributed by atoms with Gasteiger partial charge in [-0.25, -0.2) is 15.0 Å². The van der Waals surface area contributed by atoms with Crippen molar-refractivity contribution < 1.29 is 0 Å². The molecule has 2 heterocycles. The molecule has 2 aromatic carbocycles. The first kappa shape index (κ1) is 14.8. The first-order valence-electron chi connectivity index (χ1n) is 7.73. The smallest absolute Gasteiger partial charge is 0.138 e. The summed E-state index contributed by atoms with van der Waals surface area (Å²) < 4.78 is 0. The molecule has 4 rings (SSSR count). The first-order chi connectivity index (χ1) is 11.8. The number of fused-ring (bicyclic) bond motifs is 1. The van der Waals surface area contributed by atoms with Gasteiger partial charge in [-0.05, 0) is 24.6 Å². The summed E-state index contributed by atoms with van der Waals surface area (Å²) in [5, 5.41) is 7.60. The van der Waals surface area contributed by atoms with Crippen LogP contribution >= 0.6 is 11.3 Å². The predicted octanol–water partition coefficient (Wildman–Crippen LogP) is 4.60. The van der Waals surface area contributed by atoms with Crippen LogP contribution in [0, 0.1) is 6.92 Å². The van der Waals surface area contributed by atoms with Gasteiger partial charge in [-0.1, -0.05) is 42.0 Å². The highest BCUT2D eigenvalue weighted by atomic mass is 32.1. The number of rotatable bonds is 4. The van der Waals surface area contributed by atoms with E-state index >= 15 is 0 Å². The Labute approximate surface area is 144 Å². The van der Waals surface area contributed by atoms with Crippen molar-refractivity contribution in [2.24, 2.45) is 0 Å². The molecule has 0 aliphatic rings. The SMILES string of the molecule is Cc1ccc2ncnc(NC(c3ccccc3)c3nccs3)c2c1. The van der Waals surface area contributed by atoms with Crippen LogP contribution in [0.4, 0.5) is 5.82 Å². The molecule has 1 atom stereocenters. The van der Waals surface area contributed by atoms with Crippen molar-refractivity contribution in [1.82, 2.24) is 15.0 Å². The molecule has 2 aromatic heterocycles.